The van der Waals surface area contributed by atoms with Crippen LogP contribution in [0.1, 0.15) is 168 Å². The summed E-state index contributed by atoms with van der Waals surface area (Å²) < 4.78 is 0. The van der Waals surface area contributed by atoms with E-state index in [1.807, 2.05) is 0 Å². The van der Waals surface area contributed by atoms with E-state index in [0.29, 0.717) is 24.9 Å². The Kier molecular flexibility index (Phi) is 26.7. The second kappa shape index (κ2) is 29.3. The summed E-state index contributed by atoms with van der Waals surface area (Å²) in [5.74, 6) is 2.96. The molecule has 1 aliphatic carbocycles. The second-order valence-corrected chi connectivity index (χ2v) is 12.8. The van der Waals surface area contributed by atoms with Crippen LogP contribution >= 0.6 is 0 Å². The van der Waals surface area contributed by atoms with Gasteiger partial charge in [0.2, 0.25) is 12.2 Å². The second-order valence-electron chi connectivity index (χ2n) is 12.8. The molecule has 0 aliphatic heterocycles. The molecule has 0 aromatic heterocycles. The SMILES string of the molecule is CCCCCCC1C=CC(CCCCCCCCN=C=O)C(/C=C/CCCCCCCCN=C=O)C1CCCCCC. The third-order valence-electron chi connectivity index (χ3n) is 9.36. The lowest BCUT2D eigenvalue weighted by atomic mass is 9.66. The van der Waals surface area contributed by atoms with Gasteiger partial charge in [0, 0.05) is 0 Å². The van der Waals surface area contributed by atoms with E-state index in [2.05, 4.69) is 48.1 Å². The van der Waals surface area contributed by atoms with Crippen molar-refractivity contribution in [2.24, 2.45) is 33.7 Å². The van der Waals surface area contributed by atoms with Gasteiger partial charge >= 0.3 is 0 Å². The molecule has 0 saturated carbocycles. The fourth-order valence-electron chi connectivity index (χ4n) is 6.85. The molecule has 0 radical (unpaired) electrons. The van der Waals surface area contributed by atoms with E-state index in [-0.39, 0.29) is 0 Å². The Morgan fingerprint density at radius 1 is 0.548 bits per heavy atom. The lowest BCUT2D eigenvalue weighted by molar-refractivity contribution is 0.196. The van der Waals surface area contributed by atoms with Gasteiger partial charge in [-0.15, -0.1) is 0 Å². The fraction of sp³-hybridized carbons (Fsp3) is 0.842. The van der Waals surface area contributed by atoms with E-state index in [0.717, 1.165) is 24.7 Å². The van der Waals surface area contributed by atoms with Crippen LogP contribution in [-0.2, 0) is 9.59 Å². The molecule has 4 heteroatoms. The van der Waals surface area contributed by atoms with Crippen molar-refractivity contribution in [1.29, 1.82) is 0 Å². The van der Waals surface area contributed by atoms with Gasteiger partial charge in [0.15, 0.2) is 0 Å². The summed E-state index contributed by atoms with van der Waals surface area (Å²) in [5, 5.41) is 0. The molecule has 42 heavy (non-hydrogen) atoms. The monoisotopic (exact) mass is 583 g/mol. The first-order valence-electron chi connectivity index (χ1n) is 18.2. The third kappa shape index (κ3) is 20.2. The molecule has 0 amide bonds. The topological polar surface area (TPSA) is 58.9 Å². The number of carbonyl (C=O) groups excluding carboxylic acids is 2. The summed E-state index contributed by atoms with van der Waals surface area (Å²) in [6.45, 7) is 5.92. The van der Waals surface area contributed by atoms with Crippen molar-refractivity contribution in [3.63, 3.8) is 0 Å². The zero-order valence-corrected chi connectivity index (χ0v) is 27.7. The number of isocyanates is 2. The molecule has 0 bridgehead atoms. The maximum Gasteiger partial charge on any atom is 0.234 e. The van der Waals surface area contributed by atoms with Crippen LogP contribution in [0.3, 0.4) is 0 Å². The predicted octanol–water partition coefficient (Wildman–Crippen LogP) is 11.7. The van der Waals surface area contributed by atoms with Crippen LogP contribution in [0.25, 0.3) is 0 Å². The molecular weight excluding hydrogens is 516 g/mol. The van der Waals surface area contributed by atoms with Crippen molar-refractivity contribution in [1.82, 2.24) is 0 Å². The number of hydrogen-bond acceptors (Lipinski definition) is 4. The summed E-state index contributed by atoms with van der Waals surface area (Å²) in [6, 6.07) is 0. The average molecular weight is 583 g/mol. The van der Waals surface area contributed by atoms with Gasteiger partial charge in [0.1, 0.15) is 0 Å². The average Bonchev–Trinajstić information content (AvgIpc) is 3.00. The van der Waals surface area contributed by atoms with Crippen LogP contribution in [0.2, 0.25) is 0 Å². The highest BCUT2D eigenvalue weighted by Crippen LogP contribution is 2.43. The van der Waals surface area contributed by atoms with Gasteiger partial charge in [0.05, 0.1) is 13.1 Å². The molecule has 1 rings (SSSR count). The van der Waals surface area contributed by atoms with Gasteiger partial charge in [-0.3, -0.25) is 0 Å². The van der Waals surface area contributed by atoms with Gasteiger partial charge in [0.25, 0.3) is 0 Å². The van der Waals surface area contributed by atoms with Gasteiger partial charge in [-0.1, -0.05) is 147 Å². The van der Waals surface area contributed by atoms with Crippen molar-refractivity contribution in [3.05, 3.63) is 24.3 Å². The molecule has 4 atom stereocenters. The van der Waals surface area contributed by atoms with Gasteiger partial charge < -0.3 is 0 Å². The zero-order chi connectivity index (χ0) is 30.4. The van der Waals surface area contributed by atoms with Crippen LogP contribution in [-0.4, -0.2) is 25.2 Å². The van der Waals surface area contributed by atoms with Crippen molar-refractivity contribution >= 4 is 12.2 Å². The molecule has 0 fully saturated rings. The van der Waals surface area contributed by atoms with E-state index in [1.54, 1.807) is 12.2 Å². The molecule has 0 N–H and O–H groups in total. The number of unbranched alkanes of at least 4 members (excludes halogenated alkanes) is 17. The third-order valence-corrected chi connectivity index (χ3v) is 9.36. The summed E-state index contributed by atoms with van der Waals surface area (Å²) in [4.78, 5) is 27.7. The zero-order valence-electron chi connectivity index (χ0n) is 27.7. The van der Waals surface area contributed by atoms with Crippen molar-refractivity contribution < 1.29 is 9.59 Å². The van der Waals surface area contributed by atoms with Gasteiger partial charge in [-0.05, 0) is 68.6 Å². The minimum absolute atomic E-state index is 0.639. The Morgan fingerprint density at radius 3 is 1.57 bits per heavy atom. The van der Waals surface area contributed by atoms with Crippen molar-refractivity contribution in [2.45, 2.75) is 168 Å². The molecule has 1 aliphatic rings. The number of allylic oxidation sites excluding steroid dienone is 4. The Morgan fingerprint density at radius 2 is 1.00 bits per heavy atom. The first-order chi connectivity index (χ1) is 20.8. The molecule has 4 nitrogen and oxygen atoms in total. The highest BCUT2D eigenvalue weighted by Gasteiger charge is 2.33. The summed E-state index contributed by atoms with van der Waals surface area (Å²) in [5.41, 5.74) is 0. The van der Waals surface area contributed by atoms with Crippen LogP contribution in [0.4, 0.5) is 0 Å². The lowest BCUT2D eigenvalue weighted by Crippen LogP contribution is -2.30. The van der Waals surface area contributed by atoms with Crippen LogP contribution in [0.15, 0.2) is 34.3 Å². The first-order valence-corrected chi connectivity index (χ1v) is 18.2. The van der Waals surface area contributed by atoms with Crippen LogP contribution < -0.4 is 0 Å². The van der Waals surface area contributed by atoms with E-state index in [4.69, 9.17) is 0 Å². The number of rotatable bonds is 29. The summed E-state index contributed by atoms with van der Waals surface area (Å²) >= 11 is 0. The molecule has 0 heterocycles. The van der Waals surface area contributed by atoms with Crippen LogP contribution in [0.5, 0.6) is 0 Å². The van der Waals surface area contributed by atoms with Gasteiger partial charge in [-0.2, -0.15) is 0 Å². The summed E-state index contributed by atoms with van der Waals surface area (Å²) in [7, 11) is 0. The number of aliphatic imine (C=N–C) groups is 2. The quantitative estimate of drug-likeness (QED) is 0.0381. The molecule has 0 spiro atoms. The Labute approximate surface area is 260 Å². The highest BCUT2D eigenvalue weighted by molar-refractivity contribution is 5.32. The van der Waals surface area contributed by atoms with E-state index >= 15 is 0 Å². The molecule has 4 unspecified atom stereocenters. The Balaban J connectivity index is 2.70. The van der Waals surface area contributed by atoms with Crippen molar-refractivity contribution in [2.75, 3.05) is 13.1 Å². The van der Waals surface area contributed by atoms with Gasteiger partial charge in [-0.25, -0.2) is 19.6 Å². The number of hydrogen-bond donors (Lipinski definition) is 0. The molecule has 0 aromatic rings. The van der Waals surface area contributed by atoms with E-state index in [9.17, 15) is 9.59 Å². The maximum absolute atomic E-state index is 10.2. The van der Waals surface area contributed by atoms with Crippen molar-refractivity contribution in [3.8, 4) is 0 Å². The van der Waals surface area contributed by atoms with E-state index < -0.39 is 0 Å². The predicted molar refractivity (Wildman–Crippen MR) is 180 cm³/mol. The fourth-order valence-corrected chi connectivity index (χ4v) is 6.85. The minimum Gasteiger partial charge on any atom is -0.211 e. The largest absolute Gasteiger partial charge is 0.234 e. The Hall–Kier alpha value is -1.76. The minimum atomic E-state index is 0.639. The molecular formula is C38H66N2O2. The standard InChI is InChI=1S/C38H66N2O2/c1-3-5-7-19-25-35-29-30-36(26-20-15-12-14-18-24-32-40-34-42)38(37(35)27-21-8-6-4-2)28-22-16-11-9-10-13-17-23-31-39-33-41/h22,28-30,35-38H,3-21,23-27,31-32H2,1-2H3/b28-22+. The maximum atomic E-state index is 10.2. The smallest absolute Gasteiger partial charge is 0.211 e. The highest BCUT2D eigenvalue weighted by atomic mass is 16.1. The normalized spacial score (nSPS) is 20.0. The lowest BCUT2D eigenvalue weighted by Gasteiger charge is -2.39. The van der Waals surface area contributed by atoms with E-state index in [1.165, 1.54) is 141 Å². The molecule has 0 aromatic carbocycles. The first kappa shape index (κ1) is 38.3. The van der Waals surface area contributed by atoms with Crippen LogP contribution in [0, 0.1) is 23.7 Å². The summed E-state index contributed by atoms with van der Waals surface area (Å²) in [6.07, 6.45) is 44.7. The molecule has 0 saturated heterocycles. The molecule has 240 valence electrons. The Bertz CT molecular complexity index is 763. The number of nitrogens with zero attached hydrogens (tertiary/aromatic N) is 2.